The Morgan fingerprint density at radius 2 is 1.83 bits per heavy atom. The molecule has 156 valence electrons. The van der Waals surface area contributed by atoms with Gasteiger partial charge in [-0.05, 0) is 59.3 Å². The molecule has 1 aliphatic rings. The summed E-state index contributed by atoms with van der Waals surface area (Å²) in [6, 6.07) is 13.0. The highest BCUT2D eigenvalue weighted by Crippen LogP contribution is 2.29. The topological polar surface area (TPSA) is 82.4 Å². The Morgan fingerprint density at radius 3 is 2.50 bits per heavy atom. The molecule has 0 N–H and O–H groups in total. The molecule has 0 radical (unpaired) electrons. The van der Waals surface area contributed by atoms with Gasteiger partial charge in [0.05, 0.1) is 37.1 Å². The molecule has 9 heteroatoms. The second-order valence-corrected chi connectivity index (χ2v) is 6.82. The highest BCUT2D eigenvalue weighted by molar-refractivity contribution is 5.89. The minimum absolute atomic E-state index is 0.269. The van der Waals surface area contributed by atoms with Gasteiger partial charge in [-0.15, -0.1) is 5.10 Å². The van der Waals surface area contributed by atoms with Crippen LogP contribution in [-0.4, -0.2) is 64.0 Å². The molecule has 0 spiro atoms. The molecule has 3 aromatic rings. The van der Waals surface area contributed by atoms with Crippen LogP contribution in [0.15, 0.2) is 48.5 Å². The van der Waals surface area contributed by atoms with E-state index in [0.29, 0.717) is 50.0 Å². The van der Waals surface area contributed by atoms with E-state index < -0.39 is 0 Å². The van der Waals surface area contributed by atoms with Crippen LogP contribution in [0.25, 0.3) is 5.69 Å². The molecule has 0 aliphatic carbocycles. The van der Waals surface area contributed by atoms with Crippen LogP contribution in [0.5, 0.6) is 0 Å². The maximum absolute atomic E-state index is 13.5. The molecule has 1 aliphatic heterocycles. The summed E-state index contributed by atoms with van der Waals surface area (Å²) in [4.78, 5) is 14.1. The summed E-state index contributed by atoms with van der Waals surface area (Å²) in [7, 11) is 0. The zero-order valence-electron chi connectivity index (χ0n) is 16.6. The molecule has 1 atom stereocenters. The van der Waals surface area contributed by atoms with E-state index in [1.54, 1.807) is 48.0 Å². The van der Waals surface area contributed by atoms with E-state index in [9.17, 15) is 9.18 Å². The first-order valence-corrected chi connectivity index (χ1v) is 9.80. The Kier molecular flexibility index (Phi) is 6.10. The summed E-state index contributed by atoms with van der Waals surface area (Å²) >= 11 is 0. The Bertz CT molecular complexity index is 985. The molecule has 2 aromatic carbocycles. The lowest BCUT2D eigenvalue weighted by Crippen LogP contribution is -2.40. The van der Waals surface area contributed by atoms with Crippen LogP contribution < -0.4 is 0 Å². The van der Waals surface area contributed by atoms with E-state index in [4.69, 9.17) is 9.47 Å². The van der Waals surface area contributed by atoms with E-state index in [2.05, 4.69) is 20.4 Å². The molecule has 0 saturated carbocycles. The van der Waals surface area contributed by atoms with Gasteiger partial charge in [-0.3, -0.25) is 4.90 Å². The smallest absolute Gasteiger partial charge is 0.338 e. The number of aromatic nitrogens is 4. The lowest BCUT2D eigenvalue weighted by atomic mass is 10.0. The van der Waals surface area contributed by atoms with Crippen molar-refractivity contribution in [3.63, 3.8) is 0 Å². The van der Waals surface area contributed by atoms with Crippen molar-refractivity contribution in [3.8, 4) is 5.69 Å². The van der Waals surface area contributed by atoms with Crippen LogP contribution in [0.2, 0.25) is 0 Å². The zero-order valence-corrected chi connectivity index (χ0v) is 16.6. The molecule has 1 saturated heterocycles. The van der Waals surface area contributed by atoms with Crippen molar-refractivity contribution < 1.29 is 18.7 Å². The van der Waals surface area contributed by atoms with Crippen LogP contribution in [0.1, 0.15) is 34.7 Å². The minimum Gasteiger partial charge on any atom is -0.462 e. The lowest BCUT2D eigenvalue weighted by Gasteiger charge is -2.33. The van der Waals surface area contributed by atoms with E-state index in [1.165, 1.54) is 12.1 Å². The van der Waals surface area contributed by atoms with Gasteiger partial charge in [0.2, 0.25) is 0 Å². The third kappa shape index (κ3) is 4.22. The summed E-state index contributed by atoms with van der Waals surface area (Å²) in [5.41, 5.74) is 2.06. The molecule has 0 amide bonds. The first kappa shape index (κ1) is 20.1. The Balaban J connectivity index is 1.70. The number of carbonyl (C=O) groups is 1. The number of ether oxygens (including phenoxy) is 2. The van der Waals surface area contributed by atoms with E-state index in [1.807, 2.05) is 0 Å². The number of halogens is 1. The van der Waals surface area contributed by atoms with Crippen molar-refractivity contribution in [1.82, 2.24) is 25.1 Å². The van der Waals surface area contributed by atoms with Gasteiger partial charge in [0.25, 0.3) is 0 Å². The van der Waals surface area contributed by atoms with E-state index in [-0.39, 0.29) is 17.8 Å². The summed E-state index contributed by atoms with van der Waals surface area (Å²) in [6.45, 7) is 4.70. The number of morpholine rings is 1. The second kappa shape index (κ2) is 9.10. The first-order valence-electron chi connectivity index (χ1n) is 9.80. The zero-order chi connectivity index (χ0) is 20.9. The first-order chi connectivity index (χ1) is 14.7. The van der Waals surface area contributed by atoms with Crippen molar-refractivity contribution in [3.05, 3.63) is 71.3 Å². The molecule has 30 heavy (non-hydrogen) atoms. The van der Waals surface area contributed by atoms with Crippen molar-refractivity contribution in [1.29, 1.82) is 0 Å². The standard InChI is InChI=1S/C21H22FN5O3/c1-2-30-21(28)16-5-9-18(10-6-16)27-20(23-24-25-27)19(26-11-13-29-14-12-26)15-3-7-17(22)8-4-15/h3-10,19H,2,11-14H2,1H3/t19-/m0/s1. The Labute approximate surface area is 173 Å². The maximum atomic E-state index is 13.5. The predicted molar refractivity (Wildman–Crippen MR) is 106 cm³/mol. The average molecular weight is 411 g/mol. The normalized spacial score (nSPS) is 15.7. The quantitative estimate of drug-likeness (QED) is 0.576. The van der Waals surface area contributed by atoms with Crippen LogP contribution in [0.4, 0.5) is 4.39 Å². The molecular formula is C21H22FN5O3. The predicted octanol–water partition coefficient (Wildman–Crippen LogP) is 2.40. The number of nitrogens with zero attached hydrogens (tertiary/aromatic N) is 5. The monoisotopic (exact) mass is 411 g/mol. The molecule has 0 bridgehead atoms. The van der Waals surface area contributed by atoms with E-state index >= 15 is 0 Å². The summed E-state index contributed by atoms with van der Waals surface area (Å²) < 4.78 is 25.7. The van der Waals surface area contributed by atoms with Crippen molar-refractivity contribution >= 4 is 5.97 Å². The fraction of sp³-hybridized carbons (Fsp3) is 0.333. The second-order valence-electron chi connectivity index (χ2n) is 6.82. The fourth-order valence-electron chi connectivity index (χ4n) is 3.51. The highest BCUT2D eigenvalue weighted by Gasteiger charge is 2.29. The molecule has 1 aromatic heterocycles. The molecular weight excluding hydrogens is 389 g/mol. The van der Waals surface area contributed by atoms with Crippen molar-refractivity contribution in [2.45, 2.75) is 13.0 Å². The molecule has 4 rings (SSSR count). The lowest BCUT2D eigenvalue weighted by molar-refractivity contribution is 0.0220. The number of tetrazole rings is 1. The van der Waals surface area contributed by atoms with Crippen molar-refractivity contribution in [2.24, 2.45) is 0 Å². The number of esters is 1. The van der Waals surface area contributed by atoms with Gasteiger partial charge in [0.15, 0.2) is 5.82 Å². The summed E-state index contributed by atoms with van der Waals surface area (Å²) in [5.74, 6) is -0.0699. The summed E-state index contributed by atoms with van der Waals surface area (Å²) in [6.07, 6.45) is 0. The highest BCUT2D eigenvalue weighted by atomic mass is 19.1. The number of rotatable bonds is 6. The van der Waals surface area contributed by atoms with Crippen LogP contribution in [0, 0.1) is 5.82 Å². The Morgan fingerprint density at radius 1 is 1.13 bits per heavy atom. The van der Waals surface area contributed by atoms with Crippen LogP contribution in [-0.2, 0) is 9.47 Å². The van der Waals surface area contributed by atoms with Gasteiger partial charge in [-0.25, -0.2) is 9.18 Å². The number of hydrogen-bond acceptors (Lipinski definition) is 7. The van der Waals surface area contributed by atoms with Gasteiger partial charge in [0.1, 0.15) is 5.82 Å². The molecule has 8 nitrogen and oxygen atoms in total. The van der Waals surface area contributed by atoms with E-state index in [0.717, 1.165) is 5.56 Å². The largest absolute Gasteiger partial charge is 0.462 e. The number of hydrogen-bond donors (Lipinski definition) is 0. The molecule has 2 heterocycles. The van der Waals surface area contributed by atoms with Crippen LogP contribution in [0.3, 0.4) is 0 Å². The SMILES string of the molecule is CCOC(=O)c1ccc(-n2nnnc2[C@H](c2ccc(F)cc2)N2CCOCC2)cc1. The fourth-order valence-corrected chi connectivity index (χ4v) is 3.51. The third-order valence-corrected chi connectivity index (χ3v) is 4.96. The average Bonchev–Trinajstić information content (AvgIpc) is 3.26. The number of carbonyl (C=O) groups excluding carboxylic acids is 1. The van der Waals surface area contributed by atoms with Gasteiger partial charge in [-0.2, -0.15) is 4.68 Å². The maximum Gasteiger partial charge on any atom is 0.338 e. The number of benzene rings is 2. The van der Waals surface area contributed by atoms with Gasteiger partial charge in [-0.1, -0.05) is 12.1 Å². The van der Waals surface area contributed by atoms with Crippen LogP contribution >= 0.6 is 0 Å². The molecule has 0 unspecified atom stereocenters. The minimum atomic E-state index is -0.376. The van der Waals surface area contributed by atoms with Gasteiger partial charge < -0.3 is 9.47 Å². The Hall–Kier alpha value is -3.17. The third-order valence-electron chi connectivity index (χ3n) is 4.96. The van der Waals surface area contributed by atoms with Gasteiger partial charge in [0, 0.05) is 13.1 Å². The molecule has 1 fully saturated rings. The van der Waals surface area contributed by atoms with Gasteiger partial charge >= 0.3 is 5.97 Å². The van der Waals surface area contributed by atoms with Crippen molar-refractivity contribution in [2.75, 3.05) is 32.9 Å². The summed E-state index contributed by atoms with van der Waals surface area (Å²) in [5, 5.41) is 12.3.